The summed E-state index contributed by atoms with van der Waals surface area (Å²) >= 11 is 1.33. The monoisotopic (exact) mass is 414 g/mol. The molecule has 0 bridgehead atoms. The molecule has 2 aliphatic rings. The fourth-order valence-electron chi connectivity index (χ4n) is 3.82. The summed E-state index contributed by atoms with van der Waals surface area (Å²) < 4.78 is 5.41. The van der Waals surface area contributed by atoms with Crippen LogP contribution in [0.25, 0.3) is 0 Å². The van der Waals surface area contributed by atoms with Gasteiger partial charge in [-0.05, 0) is 29.8 Å². The lowest BCUT2D eigenvalue weighted by atomic mass is 9.98. The summed E-state index contributed by atoms with van der Waals surface area (Å²) in [5.41, 5.74) is 2.72. The van der Waals surface area contributed by atoms with Gasteiger partial charge in [0.1, 0.15) is 5.75 Å². The van der Waals surface area contributed by atoms with Crippen molar-refractivity contribution in [2.24, 2.45) is 0 Å². The Hall–Kier alpha value is -3.51. The molecule has 30 heavy (non-hydrogen) atoms. The number of para-hydroxylation sites is 3. The molecule has 3 aromatic rings. The highest BCUT2D eigenvalue weighted by molar-refractivity contribution is 8.04. The summed E-state index contributed by atoms with van der Waals surface area (Å²) in [6, 6.07) is 24.1. The molecule has 2 heterocycles. The second-order valence-corrected chi connectivity index (χ2v) is 8.00. The second kappa shape index (κ2) is 7.39. The zero-order valence-electron chi connectivity index (χ0n) is 16.2. The Morgan fingerprint density at radius 1 is 0.867 bits per heavy atom. The van der Waals surface area contributed by atoms with Crippen LogP contribution in [0.15, 0.2) is 94.2 Å². The van der Waals surface area contributed by atoms with Gasteiger partial charge < -0.3 is 10.1 Å². The van der Waals surface area contributed by atoms with Crippen LogP contribution < -0.4 is 15.0 Å². The standard InChI is InChI=1S/C24H18N2O3S/c1-29-18-13-7-6-12-17(18)26-23(27)20-21(15-9-3-2-4-10-15)25-16-11-5-8-14-19(16)30-22(20)24(26)28/h2-14,21,25H,1H3/t21-/m0/s1. The number of benzene rings is 3. The highest BCUT2D eigenvalue weighted by atomic mass is 32.2. The van der Waals surface area contributed by atoms with E-state index in [1.54, 1.807) is 18.2 Å². The number of hydrogen-bond donors (Lipinski definition) is 1. The second-order valence-electron chi connectivity index (χ2n) is 6.95. The molecule has 1 N–H and O–H groups in total. The molecule has 0 radical (unpaired) electrons. The van der Waals surface area contributed by atoms with Gasteiger partial charge >= 0.3 is 0 Å². The summed E-state index contributed by atoms with van der Waals surface area (Å²) in [5, 5.41) is 3.49. The van der Waals surface area contributed by atoms with Gasteiger partial charge in [-0.3, -0.25) is 9.59 Å². The van der Waals surface area contributed by atoms with E-state index in [1.807, 2.05) is 60.7 Å². The lowest BCUT2D eigenvalue weighted by Gasteiger charge is -2.23. The number of hydrogen-bond acceptors (Lipinski definition) is 5. The third kappa shape index (κ3) is 2.88. The minimum atomic E-state index is -0.437. The number of fused-ring (bicyclic) bond motifs is 1. The number of amides is 2. The SMILES string of the molecule is COc1ccccc1N1C(=O)C2=C(C1=O)[C@H](c1ccccc1)Nc1ccccc1S2. The molecule has 1 atom stereocenters. The van der Waals surface area contributed by atoms with Crippen LogP contribution in [0, 0.1) is 0 Å². The lowest BCUT2D eigenvalue weighted by Crippen LogP contribution is -2.33. The van der Waals surface area contributed by atoms with Crippen LogP contribution >= 0.6 is 11.8 Å². The van der Waals surface area contributed by atoms with E-state index in [1.165, 1.54) is 23.8 Å². The maximum Gasteiger partial charge on any atom is 0.272 e. The van der Waals surface area contributed by atoms with Gasteiger partial charge in [0, 0.05) is 10.6 Å². The first-order valence-corrected chi connectivity index (χ1v) is 10.3. The van der Waals surface area contributed by atoms with E-state index in [0.29, 0.717) is 21.9 Å². The molecule has 0 aromatic heterocycles. The molecule has 0 saturated carbocycles. The number of nitrogens with zero attached hydrogens (tertiary/aromatic N) is 1. The van der Waals surface area contributed by atoms with Gasteiger partial charge in [0.05, 0.1) is 29.3 Å². The van der Waals surface area contributed by atoms with Crippen molar-refractivity contribution in [1.29, 1.82) is 0 Å². The van der Waals surface area contributed by atoms with Crippen molar-refractivity contribution in [2.45, 2.75) is 10.9 Å². The molecule has 0 fully saturated rings. The molecular formula is C24H18N2O3S. The smallest absolute Gasteiger partial charge is 0.272 e. The average molecular weight is 414 g/mol. The fourth-order valence-corrected chi connectivity index (χ4v) is 4.92. The van der Waals surface area contributed by atoms with Crippen LogP contribution in [0.3, 0.4) is 0 Å². The topological polar surface area (TPSA) is 58.6 Å². The Labute approximate surface area is 178 Å². The molecule has 3 aromatic carbocycles. The number of carbonyl (C=O) groups is 2. The van der Waals surface area contributed by atoms with Crippen LogP contribution in [0.5, 0.6) is 5.75 Å². The summed E-state index contributed by atoms with van der Waals surface area (Å²) in [5.74, 6) is -0.184. The average Bonchev–Trinajstić information content (AvgIpc) is 2.93. The van der Waals surface area contributed by atoms with Crippen molar-refractivity contribution < 1.29 is 14.3 Å². The first kappa shape index (κ1) is 18.5. The Morgan fingerprint density at radius 3 is 2.37 bits per heavy atom. The quantitative estimate of drug-likeness (QED) is 0.625. The number of thioether (sulfide) groups is 1. The van der Waals surface area contributed by atoms with Crippen LogP contribution in [0.1, 0.15) is 11.6 Å². The zero-order chi connectivity index (χ0) is 20.7. The number of imide groups is 1. The highest BCUT2D eigenvalue weighted by Crippen LogP contribution is 2.48. The third-order valence-corrected chi connectivity index (χ3v) is 6.40. The lowest BCUT2D eigenvalue weighted by molar-refractivity contribution is -0.120. The van der Waals surface area contributed by atoms with Crippen LogP contribution in [0.4, 0.5) is 11.4 Å². The van der Waals surface area contributed by atoms with Gasteiger partial charge in [-0.2, -0.15) is 0 Å². The van der Waals surface area contributed by atoms with E-state index in [-0.39, 0.29) is 11.8 Å². The Balaban J connectivity index is 1.67. The molecule has 2 aliphatic heterocycles. The summed E-state index contributed by atoms with van der Waals surface area (Å²) in [6.45, 7) is 0. The summed E-state index contributed by atoms with van der Waals surface area (Å²) in [6.07, 6.45) is 0. The molecular weight excluding hydrogens is 396 g/mol. The van der Waals surface area contributed by atoms with Crippen molar-refractivity contribution in [2.75, 3.05) is 17.3 Å². The van der Waals surface area contributed by atoms with Crippen LogP contribution in [0.2, 0.25) is 0 Å². The molecule has 0 aliphatic carbocycles. The van der Waals surface area contributed by atoms with Crippen molar-refractivity contribution in [3.05, 3.63) is 94.9 Å². The molecule has 0 spiro atoms. The first-order valence-electron chi connectivity index (χ1n) is 9.53. The largest absolute Gasteiger partial charge is 0.495 e. The van der Waals surface area contributed by atoms with Crippen LogP contribution in [-0.4, -0.2) is 18.9 Å². The van der Waals surface area contributed by atoms with E-state index in [2.05, 4.69) is 5.32 Å². The molecule has 0 unspecified atom stereocenters. The van der Waals surface area contributed by atoms with E-state index < -0.39 is 6.04 Å². The number of nitrogens with one attached hydrogen (secondary N) is 1. The number of carbonyl (C=O) groups excluding carboxylic acids is 2. The maximum atomic E-state index is 13.6. The molecule has 148 valence electrons. The Morgan fingerprint density at radius 2 is 1.57 bits per heavy atom. The third-order valence-electron chi connectivity index (χ3n) is 5.22. The predicted octanol–water partition coefficient (Wildman–Crippen LogP) is 4.78. The van der Waals surface area contributed by atoms with Crippen molar-refractivity contribution in [1.82, 2.24) is 0 Å². The van der Waals surface area contributed by atoms with Crippen molar-refractivity contribution in [3.63, 3.8) is 0 Å². The van der Waals surface area contributed by atoms with Gasteiger partial charge in [0.15, 0.2) is 0 Å². The maximum absolute atomic E-state index is 13.6. The predicted molar refractivity (Wildman–Crippen MR) is 118 cm³/mol. The Bertz CT molecular complexity index is 1190. The van der Waals surface area contributed by atoms with Gasteiger partial charge in [-0.15, -0.1) is 0 Å². The first-order chi connectivity index (χ1) is 14.7. The fraction of sp³-hybridized carbons (Fsp3) is 0.0833. The van der Waals surface area contributed by atoms with Crippen LogP contribution in [-0.2, 0) is 9.59 Å². The Kier molecular flexibility index (Phi) is 4.56. The molecule has 5 rings (SSSR count). The summed E-state index contributed by atoms with van der Waals surface area (Å²) in [4.78, 5) is 29.7. The van der Waals surface area contributed by atoms with Gasteiger partial charge in [0.25, 0.3) is 11.8 Å². The number of methoxy groups -OCH3 is 1. The number of rotatable bonds is 3. The highest BCUT2D eigenvalue weighted by Gasteiger charge is 2.45. The molecule has 2 amide bonds. The normalized spacial score (nSPS) is 17.9. The molecule has 0 saturated heterocycles. The van der Waals surface area contributed by atoms with E-state index in [9.17, 15) is 9.59 Å². The zero-order valence-corrected chi connectivity index (χ0v) is 17.0. The van der Waals surface area contributed by atoms with Gasteiger partial charge in [0.2, 0.25) is 0 Å². The summed E-state index contributed by atoms with van der Waals surface area (Å²) in [7, 11) is 1.53. The molecule has 5 nitrogen and oxygen atoms in total. The minimum Gasteiger partial charge on any atom is -0.495 e. The number of ether oxygens (including phenoxy) is 1. The van der Waals surface area contributed by atoms with E-state index in [4.69, 9.17) is 4.74 Å². The van der Waals surface area contributed by atoms with Crippen molar-refractivity contribution in [3.8, 4) is 5.75 Å². The van der Waals surface area contributed by atoms with E-state index >= 15 is 0 Å². The van der Waals surface area contributed by atoms with Gasteiger partial charge in [-0.1, -0.05) is 66.4 Å². The van der Waals surface area contributed by atoms with Crippen molar-refractivity contribution >= 4 is 35.0 Å². The molecule has 6 heteroatoms. The van der Waals surface area contributed by atoms with Gasteiger partial charge in [-0.25, -0.2) is 4.90 Å². The number of anilines is 2. The van der Waals surface area contributed by atoms with E-state index in [0.717, 1.165) is 16.1 Å². The minimum absolute atomic E-state index is 0.330.